The Kier molecular flexibility index (Phi) is 21.2. The number of halogens is 2. The fraction of sp³-hybridized carbons (Fsp3) is 1.00. The summed E-state index contributed by atoms with van der Waals surface area (Å²) < 4.78 is 0. The smallest absolute Gasteiger partial charge is 0.000695 e. The molecule has 0 aromatic heterocycles. The SMILES string of the molecule is CNCl.Cl. The number of rotatable bonds is 0. The Morgan fingerprint density at radius 1 is 1.75 bits per heavy atom. The maximum absolute atomic E-state index is 4.75. The molecule has 0 aliphatic rings. The van der Waals surface area contributed by atoms with E-state index in [1.54, 1.807) is 7.05 Å². The Balaban J connectivity index is 0. The second-order valence-electron chi connectivity index (χ2n) is 0.189. The van der Waals surface area contributed by atoms with Crippen LogP contribution in [0.15, 0.2) is 0 Å². The molecule has 1 N–H and O–H groups in total. The van der Waals surface area contributed by atoms with Crippen molar-refractivity contribution in [1.82, 2.24) is 4.84 Å². The van der Waals surface area contributed by atoms with E-state index in [4.69, 9.17) is 11.8 Å². The van der Waals surface area contributed by atoms with Gasteiger partial charge in [-0.1, -0.05) is 0 Å². The zero-order valence-corrected chi connectivity index (χ0v) is 3.86. The van der Waals surface area contributed by atoms with E-state index in [0.29, 0.717) is 0 Å². The third kappa shape index (κ3) is 20.7. The van der Waals surface area contributed by atoms with Crippen LogP contribution in [0.3, 0.4) is 0 Å². The van der Waals surface area contributed by atoms with Crippen LogP contribution in [0.4, 0.5) is 0 Å². The highest BCUT2D eigenvalue weighted by atomic mass is 35.5. The molecule has 28 valence electrons. The molecule has 0 amide bonds. The average molecular weight is 102 g/mol. The van der Waals surface area contributed by atoms with Crippen molar-refractivity contribution in [2.24, 2.45) is 0 Å². The van der Waals surface area contributed by atoms with Gasteiger partial charge in [-0.05, 0) is 18.8 Å². The molecule has 0 saturated heterocycles. The molecular formula is CH5Cl2N. The van der Waals surface area contributed by atoms with Crippen LogP contribution in [0.5, 0.6) is 0 Å². The van der Waals surface area contributed by atoms with Crippen molar-refractivity contribution in [3.8, 4) is 0 Å². The lowest BCUT2D eigenvalue weighted by molar-refractivity contribution is 1.28. The lowest BCUT2D eigenvalue weighted by Crippen LogP contribution is -1.76. The van der Waals surface area contributed by atoms with Crippen molar-refractivity contribution >= 4 is 24.2 Å². The molecule has 0 aromatic rings. The average Bonchev–Trinajstić information content (AvgIpc) is 0.918. The zero-order chi connectivity index (χ0) is 2.71. The van der Waals surface area contributed by atoms with Gasteiger partial charge in [-0.3, -0.25) is 0 Å². The summed E-state index contributed by atoms with van der Waals surface area (Å²) in [6.45, 7) is 0. The first-order valence-corrected chi connectivity index (χ1v) is 1.07. The van der Waals surface area contributed by atoms with Crippen LogP contribution in [0, 0.1) is 0 Å². The van der Waals surface area contributed by atoms with E-state index in [-0.39, 0.29) is 12.4 Å². The maximum atomic E-state index is 4.75. The molecule has 3 heteroatoms. The molecule has 4 heavy (non-hydrogen) atoms. The minimum Gasteiger partial charge on any atom is -0.237 e. The van der Waals surface area contributed by atoms with Crippen molar-refractivity contribution in [3.05, 3.63) is 0 Å². The van der Waals surface area contributed by atoms with Gasteiger partial charge in [0.1, 0.15) is 0 Å². The summed E-state index contributed by atoms with van der Waals surface area (Å²) in [6, 6.07) is 0. The highest BCUT2D eigenvalue weighted by Crippen LogP contribution is 1.38. The number of nitrogens with one attached hydrogen (secondary N) is 1. The molecule has 0 heterocycles. The predicted octanol–water partition coefficient (Wildman–Crippen LogP) is 0.781. The van der Waals surface area contributed by atoms with Gasteiger partial charge in [0.2, 0.25) is 0 Å². The third-order valence-electron chi connectivity index (χ3n) is 0. The second-order valence-corrected chi connectivity index (χ2v) is 0.567. The standard InChI is InChI=1S/CH4ClN.ClH/c1-3-2;/h3H,1H3;1H. The Labute approximate surface area is 36.9 Å². The molecule has 0 spiro atoms. The molecule has 0 saturated carbocycles. The van der Waals surface area contributed by atoms with Crippen LogP contribution in [0.1, 0.15) is 0 Å². The molecular weight excluding hydrogens is 96.9 g/mol. The van der Waals surface area contributed by atoms with E-state index in [1.165, 1.54) is 0 Å². The minimum atomic E-state index is 0. The largest absolute Gasteiger partial charge is 0.237 e. The molecule has 0 fully saturated rings. The van der Waals surface area contributed by atoms with Gasteiger partial charge in [-0.2, -0.15) is 0 Å². The van der Waals surface area contributed by atoms with Gasteiger partial charge in [0.05, 0.1) is 0 Å². The molecule has 0 aliphatic heterocycles. The molecule has 0 atom stereocenters. The van der Waals surface area contributed by atoms with Crippen LogP contribution < -0.4 is 4.84 Å². The van der Waals surface area contributed by atoms with Gasteiger partial charge in [0.25, 0.3) is 0 Å². The van der Waals surface area contributed by atoms with E-state index in [0.717, 1.165) is 0 Å². The zero-order valence-electron chi connectivity index (χ0n) is 2.29. The lowest BCUT2D eigenvalue weighted by Gasteiger charge is -1.54. The molecule has 0 aromatic carbocycles. The molecule has 0 radical (unpaired) electrons. The van der Waals surface area contributed by atoms with E-state index in [9.17, 15) is 0 Å². The first-order valence-electron chi connectivity index (χ1n) is 0.689. The molecule has 1 nitrogen and oxygen atoms in total. The van der Waals surface area contributed by atoms with Crippen molar-refractivity contribution in [2.75, 3.05) is 7.05 Å². The van der Waals surface area contributed by atoms with Crippen molar-refractivity contribution < 1.29 is 0 Å². The first-order chi connectivity index (χ1) is 1.41. The summed E-state index contributed by atoms with van der Waals surface area (Å²) in [5.41, 5.74) is 0. The van der Waals surface area contributed by atoms with Gasteiger partial charge in [-0.15, -0.1) is 12.4 Å². The molecule has 0 aliphatic carbocycles. The highest BCUT2D eigenvalue weighted by Gasteiger charge is 1.29. The van der Waals surface area contributed by atoms with Crippen molar-refractivity contribution in [1.29, 1.82) is 0 Å². The van der Waals surface area contributed by atoms with Crippen molar-refractivity contribution in [2.45, 2.75) is 0 Å². The van der Waals surface area contributed by atoms with Crippen LogP contribution in [-0.2, 0) is 0 Å². The fourth-order valence-electron chi connectivity index (χ4n) is 0. The van der Waals surface area contributed by atoms with Crippen molar-refractivity contribution in [3.63, 3.8) is 0 Å². The quantitative estimate of drug-likeness (QED) is 0.445. The van der Waals surface area contributed by atoms with E-state index >= 15 is 0 Å². The Morgan fingerprint density at radius 3 is 1.75 bits per heavy atom. The topological polar surface area (TPSA) is 12.0 Å². The fourth-order valence-corrected chi connectivity index (χ4v) is 0. The number of hydrogen-bond donors (Lipinski definition) is 1. The summed E-state index contributed by atoms with van der Waals surface area (Å²) in [6.07, 6.45) is 0. The number of hydrogen-bond acceptors (Lipinski definition) is 1. The summed E-state index contributed by atoms with van der Waals surface area (Å²) in [5, 5.41) is 0. The van der Waals surface area contributed by atoms with Gasteiger partial charge < -0.3 is 0 Å². The lowest BCUT2D eigenvalue weighted by atomic mass is 11.6. The van der Waals surface area contributed by atoms with Gasteiger partial charge in [-0.25, -0.2) is 4.84 Å². The first kappa shape index (κ1) is 8.82. The normalized spacial score (nSPS) is 4.50. The summed E-state index contributed by atoms with van der Waals surface area (Å²) in [7, 11) is 1.64. The summed E-state index contributed by atoms with van der Waals surface area (Å²) in [4.78, 5) is 2.22. The van der Waals surface area contributed by atoms with E-state index < -0.39 is 0 Å². The van der Waals surface area contributed by atoms with E-state index in [2.05, 4.69) is 4.84 Å². The monoisotopic (exact) mass is 101 g/mol. The van der Waals surface area contributed by atoms with Crippen LogP contribution in [0.2, 0.25) is 0 Å². The van der Waals surface area contributed by atoms with Crippen LogP contribution >= 0.6 is 24.2 Å². The predicted molar refractivity (Wildman–Crippen MR) is 22.2 cm³/mol. The van der Waals surface area contributed by atoms with Crippen LogP contribution in [0.25, 0.3) is 0 Å². The highest BCUT2D eigenvalue weighted by molar-refractivity contribution is 6.13. The summed E-state index contributed by atoms with van der Waals surface area (Å²) >= 11 is 4.75. The molecule has 0 bridgehead atoms. The second kappa shape index (κ2) is 9.63. The van der Waals surface area contributed by atoms with Gasteiger partial charge in [0, 0.05) is 0 Å². The minimum absolute atomic E-state index is 0. The van der Waals surface area contributed by atoms with Gasteiger partial charge >= 0.3 is 0 Å². The third-order valence-corrected chi connectivity index (χ3v) is 0. The van der Waals surface area contributed by atoms with E-state index in [1.807, 2.05) is 0 Å². The Morgan fingerprint density at radius 2 is 1.75 bits per heavy atom. The molecule has 0 unspecified atom stereocenters. The maximum Gasteiger partial charge on any atom is -0.000695 e. The molecule has 0 rings (SSSR count). The Bertz CT molecular complexity index is 6.00. The Hall–Kier alpha value is 0.540. The summed E-state index contributed by atoms with van der Waals surface area (Å²) in [5.74, 6) is 0. The van der Waals surface area contributed by atoms with Crippen LogP contribution in [-0.4, -0.2) is 7.05 Å². The van der Waals surface area contributed by atoms with Gasteiger partial charge in [0.15, 0.2) is 0 Å².